The number of aromatic amines is 1. The minimum Gasteiger partial charge on any atom is -0.459 e. The fourth-order valence-corrected chi connectivity index (χ4v) is 6.47. The van der Waals surface area contributed by atoms with E-state index in [2.05, 4.69) is 26.8 Å². The van der Waals surface area contributed by atoms with Crippen LogP contribution in [0.15, 0.2) is 72.3 Å². The van der Waals surface area contributed by atoms with Crippen molar-refractivity contribution in [1.82, 2.24) is 19.2 Å². The van der Waals surface area contributed by atoms with E-state index in [1.54, 1.807) is 44.2 Å². The van der Waals surface area contributed by atoms with Gasteiger partial charge in [-0.15, -0.1) is 0 Å². The number of sulfonamides is 1. The third kappa shape index (κ3) is 6.24. The number of ether oxygens (including phenoxy) is 1. The number of esters is 1. The summed E-state index contributed by atoms with van der Waals surface area (Å²) in [4.78, 5) is 35.1. The normalized spacial score (nSPS) is 14.6. The molecule has 4 aromatic rings. The monoisotopic (exact) mass is 601 g/mol. The molecule has 1 fully saturated rings. The van der Waals surface area contributed by atoms with Gasteiger partial charge in [0.25, 0.3) is 0 Å². The van der Waals surface area contributed by atoms with Gasteiger partial charge < -0.3 is 19.9 Å². The number of piperazine rings is 1. The van der Waals surface area contributed by atoms with Crippen LogP contribution in [0.1, 0.15) is 29.8 Å². The third-order valence-corrected chi connectivity index (χ3v) is 9.35. The van der Waals surface area contributed by atoms with E-state index in [1.807, 2.05) is 32.2 Å². The maximum atomic E-state index is 13.3. The van der Waals surface area contributed by atoms with Gasteiger partial charge in [-0.3, -0.25) is 4.79 Å². The summed E-state index contributed by atoms with van der Waals surface area (Å²) in [5, 5.41) is 3.52. The summed E-state index contributed by atoms with van der Waals surface area (Å²) < 4.78 is 33.6. The summed E-state index contributed by atoms with van der Waals surface area (Å²) in [6, 6.07) is 14.2. The van der Waals surface area contributed by atoms with E-state index in [1.165, 1.54) is 16.6 Å². The number of pyridine rings is 1. The minimum absolute atomic E-state index is 0.222. The number of rotatable bonds is 8. The van der Waals surface area contributed by atoms with Crippen LogP contribution in [0.3, 0.4) is 0 Å². The molecule has 2 aromatic heterocycles. The van der Waals surface area contributed by atoms with Gasteiger partial charge >= 0.3 is 5.97 Å². The molecule has 3 heterocycles. The molecule has 0 radical (unpaired) electrons. The summed E-state index contributed by atoms with van der Waals surface area (Å²) in [7, 11) is -1.66. The maximum Gasteiger partial charge on any atom is 0.339 e. The number of hydrogen-bond donors (Lipinski definition) is 2. The molecule has 0 saturated carbocycles. The van der Waals surface area contributed by atoms with E-state index in [0.717, 1.165) is 22.3 Å². The summed E-state index contributed by atoms with van der Waals surface area (Å²) in [6.45, 7) is 11.2. The van der Waals surface area contributed by atoms with E-state index in [9.17, 15) is 18.0 Å². The zero-order valence-corrected chi connectivity index (χ0v) is 25.5. The Hall–Kier alpha value is -4.32. The van der Waals surface area contributed by atoms with Crippen molar-refractivity contribution >= 4 is 38.6 Å². The molecular formula is C32H35N5O5S. The second-order valence-electron chi connectivity index (χ2n) is 10.9. The summed E-state index contributed by atoms with van der Waals surface area (Å²) in [5.74, 6) is -0.823. The van der Waals surface area contributed by atoms with Crippen molar-refractivity contribution < 1.29 is 22.7 Å². The smallest absolute Gasteiger partial charge is 0.339 e. The van der Waals surface area contributed by atoms with Crippen LogP contribution in [0.5, 0.6) is 0 Å². The van der Waals surface area contributed by atoms with Crippen LogP contribution in [-0.2, 0) is 19.6 Å². The van der Waals surface area contributed by atoms with Crippen molar-refractivity contribution in [2.24, 2.45) is 0 Å². The van der Waals surface area contributed by atoms with Crippen LogP contribution in [0, 0.1) is 6.92 Å². The molecule has 0 spiro atoms. The Labute approximate surface area is 251 Å². The lowest BCUT2D eigenvalue weighted by Gasteiger charge is -2.31. The Kier molecular flexibility index (Phi) is 8.50. The van der Waals surface area contributed by atoms with Crippen molar-refractivity contribution in [2.45, 2.75) is 31.8 Å². The van der Waals surface area contributed by atoms with E-state index in [4.69, 9.17) is 4.74 Å². The molecule has 1 saturated heterocycles. The van der Waals surface area contributed by atoms with Gasteiger partial charge in [0.1, 0.15) is 5.65 Å². The highest BCUT2D eigenvalue weighted by molar-refractivity contribution is 7.89. The Bertz CT molecular complexity index is 1800. The largest absolute Gasteiger partial charge is 0.459 e. The molecule has 2 aromatic carbocycles. The lowest BCUT2D eigenvalue weighted by molar-refractivity contribution is -0.111. The predicted octanol–water partition coefficient (Wildman–Crippen LogP) is 4.83. The Morgan fingerprint density at radius 1 is 1.05 bits per heavy atom. The number of amides is 1. The van der Waals surface area contributed by atoms with E-state index >= 15 is 0 Å². The fourth-order valence-electron chi connectivity index (χ4n) is 5.05. The summed E-state index contributed by atoms with van der Waals surface area (Å²) in [6.07, 6.45) is 2.38. The van der Waals surface area contributed by atoms with E-state index < -0.39 is 16.0 Å². The Morgan fingerprint density at radius 2 is 1.72 bits per heavy atom. The van der Waals surface area contributed by atoms with Gasteiger partial charge in [-0.2, -0.15) is 4.31 Å². The van der Waals surface area contributed by atoms with Crippen LogP contribution in [0.4, 0.5) is 5.69 Å². The number of nitrogens with one attached hydrogen (secondary N) is 2. The molecule has 10 nitrogen and oxygen atoms in total. The molecule has 43 heavy (non-hydrogen) atoms. The molecule has 11 heteroatoms. The van der Waals surface area contributed by atoms with Crippen LogP contribution < -0.4 is 5.32 Å². The van der Waals surface area contributed by atoms with E-state index in [-0.39, 0.29) is 16.9 Å². The Morgan fingerprint density at radius 3 is 2.37 bits per heavy atom. The number of aryl methyl sites for hydroxylation is 1. The molecule has 0 atom stereocenters. The standard InChI is InChI=1S/C32H35N5O5S/c1-6-28(38)34-27-18-23(8-7-21(27)4)29-26-17-24(32(39)42-20(2)3)19-33-31(26)35-30(29)22-9-11-25(12-10-22)43(40,41)37-15-13-36(5)14-16-37/h6-12,17-20H,1,13-16H2,2-5H3,(H,33,35)(H,34,38). The molecule has 1 aliphatic rings. The quantitative estimate of drug-likeness (QED) is 0.219. The molecule has 224 valence electrons. The zero-order chi connectivity index (χ0) is 30.9. The highest BCUT2D eigenvalue weighted by Gasteiger charge is 2.28. The number of fused-ring (bicyclic) bond motifs is 1. The molecule has 2 N–H and O–H groups in total. The first kappa shape index (κ1) is 30.1. The van der Waals surface area contributed by atoms with E-state index in [0.29, 0.717) is 54.2 Å². The molecule has 1 aliphatic heterocycles. The van der Waals surface area contributed by atoms with Gasteiger partial charge in [0, 0.05) is 49.0 Å². The van der Waals surface area contributed by atoms with Crippen molar-refractivity contribution in [1.29, 1.82) is 0 Å². The van der Waals surface area contributed by atoms with Crippen molar-refractivity contribution in [3.63, 3.8) is 0 Å². The molecule has 5 rings (SSSR count). The molecule has 0 aliphatic carbocycles. The lowest BCUT2D eigenvalue weighted by Crippen LogP contribution is -2.46. The molecule has 0 bridgehead atoms. The topological polar surface area (TPSA) is 125 Å². The predicted molar refractivity (Wildman–Crippen MR) is 167 cm³/mol. The number of carbonyl (C=O) groups excluding carboxylic acids is 2. The second kappa shape index (κ2) is 12.1. The first-order chi connectivity index (χ1) is 20.5. The maximum absolute atomic E-state index is 13.3. The molecule has 1 amide bonds. The molecule has 0 unspecified atom stereocenters. The number of likely N-dealkylation sites (N-methyl/N-ethyl adjacent to an activating group) is 1. The molecular weight excluding hydrogens is 566 g/mol. The van der Waals surface area contributed by atoms with Crippen LogP contribution in [0.25, 0.3) is 33.4 Å². The number of carbonyl (C=O) groups is 2. The van der Waals surface area contributed by atoms with Gasteiger partial charge in [-0.1, -0.05) is 30.8 Å². The van der Waals surface area contributed by atoms with Gasteiger partial charge in [-0.25, -0.2) is 18.2 Å². The fraction of sp³-hybridized carbons (Fsp3) is 0.281. The highest BCUT2D eigenvalue weighted by Crippen LogP contribution is 2.40. The van der Waals surface area contributed by atoms with Crippen LogP contribution >= 0.6 is 0 Å². The minimum atomic E-state index is -3.64. The average Bonchev–Trinajstić information content (AvgIpc) is 3.37. The zero-order valence-electron chi connectivity index (χ0n) is 24.7. The van der Waals surface area contributed by atoms with Gasteiger partial charge in [0.2, 0.25) is 15.9 Å². The first-order valence-electron chi connectivity index (χ1n) is 14.0. The third-order valence-electron chi connectivity index (χ3n) is 7.44. The lowest BCUT2D eigenvalue weighted by atomic mass is 9.97. The van der Waals surface area contributed by atoms with Gasteiger partial charge in [-0.05, 0) is 74.9 Å². The number of H-pyrrole nitrogens is 1. The summed E-state index contributed by atoms with van der Waals surface area (Å²) in [5.41, 5.74) is 5.23. The van der Waals surface area contributed by atoms with Crippen molar-refractivity contribution in [2.75, 3.05) is 38.5 Å². The van der Waals surface area contributed by atoms with Crippen molar-refractivity contribution in [3.05, 3.63) is 78.5 Å². The van der Waals surface area contributed by atoms with Crippen LogP contribution in [-0.4, -0.2) is 78.8 Å². The Balaban J connectivity index is 1.62. The highest BCUT2D eigenvalue weighted by atomic mass is 32.2. The number of anilines is 1. The first-order valence-corrected chi connectivity index (χ1v) is 15.5. The average molecular weight is 602 g/mol. The number of nitrogens with zero attached hydrogens (tertiary/aromatic N) is 3. The van der Waals surface area contributed by atoms with Gasteiger partial charge in [0.15, 0.2) is 0 Å². The summed E-state index contributed by atoms with van der Waals surface area (Å²) >= 11 is 0. The van der Waals surface area contributed by atoms with Gasteiger partial charge in [0.05, 0.1) is 22.3 Å². The number of aromatic nitrogens is 2. The number of benzene rings is 2. The second-order valence-corrected chi connectivity index (χ2v) is 12.8. The van der Waals surface area contributed by atoms with Crippen molar-refractivity contribution in [3.8, 4) is 22.4 Å². The van der Waals surface area contributed by atoms with Crippen LogP contribution in [0.2, 0.25) is 0 Å². The number of hydrogen-bond acceptors (Lipinski definition) is 7. The SMILES string of the molecule is C=CC(=O)Nc1cc(-c2c(-c3ccc(S(=O)(=O)N4CCN(C)CC4)cc3)[nH]c3ncc(C(=O)OC(C)C)cc23)ccc1C.